The van der Waals surface area contributed by atoms with Crippen molar-refractivity contribution < 1.29 is 22.7 Å². The summed E-state index contributed by atoms with van der Waals surface area (Å²) < 4.78 is 42.7. The summed E-state index contributed by atoms with van der Waals surface area (Å²) in [5.41, 5.74) is -0.146. The van der Waals surface area contributed by atoms with Gasteiger partial charge in [-0.05, 0) is 30.5 Å². The lowest BCUT2D eigenvalue weighted by atomic mass is 9.97. The van der Waals surface area contributed by atoms with E-state index in [0.29, 0.717) is 12.2 Å². The summed E-state index contributed by atoms with van der Waals surface area (Å²) in [6, 6.07) is 4.66. The first-order valence-corrected chi connectivity index (χ1v) is 6.56. The van der Waals surface area contributed by atoms with Crippen molar-refractivity contribution in [3.8, 4) is 0 Å². The van der Waals surface area contributed by atoms with Crippen molar-refractivity contribution in [1.29, 1.82) is 0 Å². The molecule has 5 heteroatoms. The zero-order chi connectivity index (χ0) is 15.3. The van der Waals surface area contributed by atoms with Crippen molar-refractivity contribution in [3.05, 3.63) is 35.4 Å². The Kier molecular flexibility index (Phi) is 5.74. The molecule has 1 rings (SSSR count). The Balaban J connectivity index is 2.75. The highest BCUT2D eigenvalue weighted by molar-refractivity contribution is 5.85. The number of hydrogen-bond acceptors (Lipinski definition) is 2. The third-order valence-corrected chi connectivity index (χ3v) is 2.93. The Labute approximate surface area is 116 Å². The quantitative estimate of drug-likeness (QED) is 0.794. The molecule has 0 aromatic heterocycles. The number of rotatable bonds is 6. The molecule has 0 saturated heterocycles. The second kappa shape index (κ2) is 6.88. The number of carbonyl (C=O) groups is 1. The molecule has 0 aliphatic heterocycles. The van der Waals surface area contributed by atoms with Gasteiger partial charge in [0.2, 0.25) is 0 Å². The van der Waals surface area contributed by atoms with Gasteiger partial charge < -0.3 is 4.74 Å². The summed E-state index contributed by atoms with van der Waals surface area (Å²) in [4.78, 5) is 12.1. The lowest BCUT2D eigenvalue weighted by Gasteiger charge is -2.19. The fourth-order valence-electron chi connectivity index (χ4n) is 1.95. The van der Waals surface area contributed by atoms with Crippen LogP contribution >= 0.6 is 0 Å². The maximum Gasteiger partial charge on any atom is 0.416 e. The van der Waals surface area contributed by atoms with Gasteiger partial charge in [0, 0.05) is 13.0 Å². The Morgan fingerprint density at radius 1 is 1.20 bits per heavy atom. The van der Waals surface area contributed by atoms with Gasteiger partial charge in [-0.25, -0.2) is 0 Å². The Morgan fingerprint density at radius 2 is 1.75 bits per heavy atom. The van der Waals surface area contributed by atoms with E-state index >= 15 is 0 Å². The van der Waals surface area contributed by atoms with Crippen LogP contribution in [-0.4, -0.2) is 18.5 Å². The third-order valence-electron chi connectivity index (χ3n) is 2.93. The van der Waals surface area contributed by atoms with Gasteiger partial charge in [-0.15, -0.1) is 0 Å². The van der Waals surface area contributed by atoms with Crippen molar-refractivity contribution >= 4 is 5.78 Å². The topological polar surface area (TPSA) is 26.3 Å². The van der Waals surface area contributed by atoms with Crippen LogP contribution < -0.4 is 0 Å². The van der Waals surface area contributed by atoms with Crippen LogP contribution in [0.2, 0.25) is 0 Å². The highest BCUT2D eigenvalue weighted by atomic mass is 19.4. The van der Waals surface area contributed by atoms with Crippen molar-refractivity contribution in [2.24, 2.45) is 5.92 Å². The van der Waals surface area contributed by atoms with Gasteiger partial charge in [-0.2, -0.15) is 13.2 Å². The van der Waals surface area contributed by atoms with E-state index in [4.69, 9.17) is 4.74 Å². The number of ether oxygens (including phenoxy) is 1. The molecule has 0 heterocycles. The molecule has 1 atom stereocenters. The summed E-state index contributed by atoms with van der Waals surface area (Å²) in [6.07, 6.45) is -4.78. The number of carbonyl (C=O) groups excluding carboxylic acids is 1. The second-order valence-electron chi connectivity index (χ2n) is 4.96. The molecule has 0 amide bonds. The average molecular weight is 288 g/mol. The molecule has 1 unspecified atom stereocenters. The average Bonchev–Trinajstić information content (AvgIpc) is 2.34. The highest BCUT2D eigenvalue weighted by Crippen LogP contribution is 2.29. The molecule has 0 aliphatic rings. The Bertz CT molecular complexity index is 435. The summed E-state index contributed by atoms with van der Waals surface area (Å²) in [5, 5.41) is 0. The maximum absolute atomic E-state index is 12.4. The highest BCUT2D eigenvalue weighted by Gasteiger charge is 2.30. The van der Waals surface area contributed by atoms with E-state index in [2.05, 4.69) is 0 Å². The molecular weight excluding hydrogens is 269 g/mol. The predicted octanol–water partition coefficient (Wildman–Crippen LogP) is 3.88. The van der Waals surface area contributed by atoms with Gasteiger partial charge in [0.25, 0.3) is 0 Å². The van der Waals surface area contributed by atoms with Crippen LogP contribution in [0.4, 0.5) is 13.2 Å². The van der Waals surface area contributed by atoms with Crippen LogP contribution in [0.1, 0.15) is 31.9 Å². The largest absolute Gasteiger partial charge is 0.416 e. The molecule has 1 aromatic rings. The van der Waals surface area contributed by atoms with Gasteiger partial charge in [0.1, 0.15) is 6.10 Å². The zero-order valence-corrected chi connectivity index (χ0v) is 11.8. The zero-order valence-electron chi connectivity index (χ0n) is 11.8. The monoisotopic (exact) mass is 288 g/mol. The minimum absolute atomic E-state index is 0.0388. The standard InChI is InChI=1S/C15H19F3O2/c1-4-20-14(10(2)3)13(19)9-11-5-7-12(8-6-11)15(16,17)18/h5-8,10,14H,4,9H2,1-3H3. The predicted molar refractivity (Wildman–Crippen MR) is 70.4 cm³/mol. The number of Topliss-reactive ketones (excluding diaryl/α,β-unsaturated/α-hetero) is 1. The minimum Gasteiger partial charge on any atom is -0.370 e. The van der Waals surface area contributed by atoms with Crippen LogP contribution in [-0.2, 0) is 22.1 Å². The van der Waals surface area contributed by atoms with Crippen LogP contribution in [0.25, 0.3) is 0 Å². The molecule has 112 valence electrons. The smallest absolute Gasteiger partial charge is 0.370 e. The van der Waals surface area contributed by atoms with Crippen LogP contribution in [0, 0.1) is 5.92 Å². The minimum atomic E-state index is -4.35. The molecule has 2 nitrogen and oxygen atoms in total. The molecule has 1 aromatic carbocycles. The van der Waals surface area contributed by atoms with Crippen LogP contribution in [0.5, 0.6) is 0 Å². The van der Waals surface area contributed by atoms with Gasteiger partial charge in [0.05, 0.1) is 5.56 Å². The Hall–Kier alpha value is -1.36. The molecule has 0 saturated carbocycles. The van der Waals surface area contributed by atoms with Gasteiger partial charge in [0.15, 0.2) is 5.78 Å². The number of hydrogen-bond donors (Lipinski definition) is 0. The summed E-state index contributed by atoms with van der Waals surface area (Å²) in [6.45, 7) is 6.00. The van der Waals surface area contributed by atoms with Gasteiger partial charge in [-0.3, -0.25) is 4.79 Å². The van der Waals surface area contributed by atoms with Crippen molar-refractivity contribution in [3.63, 3.8) is 0 Å². The van der Waals surface area contributed by atoms with E-state index in [1.807, 2.05) is 13.8 Å². The Morgan fingerprint density at radius 3 is 2.15 bits per heavy atom. The molecular formula is C15H19F3O2. The second-order valence-corrected chi connectivity index (χ2v) is 4.96. The third kappa shape index (κ3) is 4.63. The molecule has 0 radical (unpaired) electrons. The molecule has 0 bridgehead atoms. The van der Waals surface area contributed by atoms with E-state index < -0.39 is 17.8 Å². The molecule has 20 heavy (non-hydrogen) atoms. The van der Waals surface area contributed by atoms with Crippen molar-refractivity contribution in [2.45, 2.75) is 39.5 Å². The van der Waals surface area contributed by atoms with Gasteiger partial charge in [-0.1, -0.05) is 26.0 Å². The first kappa shape index (κ1) is 16.7. The van der Waals surface area contributed by atoms with Crippen molar-refractivity contribution in [1.82, 2.24) is 0 Å². The van der Waals surface area contributed by atoms with E-state index in [-0.39, 0.29) is 18.1 Å². The number of halogens is 3. The van der Waals surface area contributed by atoms with Gasteiger partial charge >= 0.3 is 6.18 Å². The molecule has 0 N–H and O–H groups in total. The molecule has 0 fully saturated rings. The van der Waals surface area contributed by atoms with E-state index in [0.717, 1.165) is 12.1 Å². The number of ketones is 1. The van der Waals surface area contributed by atoms with Crippen molar-refractivity contribution in [2.75, 3.05) is 6.61 Å². The number of benzene rings is 1. The lowest BCUT2D eigenvalue weighted by molar-refractivity contribution is -0.137. The lowest BCUT2D eigenvalue weighted by Crippen LogP contribution is -2.31. The molecule has 0 aliphatic carbocycles. The normalized spacial score (nSPS) is 13.6. The van der Waals surface area contributed by atoms with Crippen LogP contribution in [0.3, 0.4) is 0 Å². The fourth-order valence-corrected chi connectivity index (χ4v) is 1.95. The summed E-state index contributed by atoms with van der Waals surface area (Å²) in [5.74, 6) is -0.0708. The summed E-state index contributed by atoms with van der Waals surface area (Å²) in [7, 11) is 0. The fraction of sp³-hybridized carbons (Fsp3) is 0.533. The first-order chi connectivity index (χ1) is 9.25. The van der Waals surface area contributed by atoms with E-state index in [1.54, 1.807) is 6.92 Å². The number of alkyl halides is 3. The maximum atomic E-state index is 12.4. The van der Waals surface area contributed by atoms with Crippen LogP contribution in [0.15, 0.2) is 24.3 Å². The van der Waals surface area contributed by atoms with E-state index in [1.165, 1.54) is 12.1 Å². The van der Waals surface area contributed by atoms with E-state index in [9.17, 15) is 18.0 Å². The SMILES string of the molecule is CCOC(C(=O)Cc1ccc(C(F)(F)F)cc1)C(C)C. The summed E-state index contributed by atoms with van der Waals surface area (Å²) >= 11 is 0. The molecule has 0 spiro atoms. The first-order valence-electron chi connectivity index (χ1n) is 6.56.